The normalized spacial score (nSPS) is 13.6. The number of fused-ring (bicyclic) bond motifs is 1. The smallest absolute Gasteiger partial charge is 0.324 e. The maximum atomic E-state index is 13.7. The van der Waals surface area contributed by atoms with Crippen LogP contribution in [0.15, 0.2) is 60.8 Å². The van der Waals surface area contributed by atoms with E-state index in [-0.39, 0.29) is 21.9 Å². The predicted octanol–water partition coefficient (Wildman–Crippen LogP) is 3.26. The molecule has 0 saturated heterocycles. The van der Waals surface area contributed by atoms with Crippen molar-refractivity contribution < 1.29 is 32.4 Å². The van der Waals surface area contributed by atoms with E-state index in [2.05, 4.69) is 5.10 Å². The van der Waals surface area contributed by atoms with Crippen molar-refractivity contribution >= 4 is 17.8 Å². The lowest BCUT2D eigenvalue weighted by molar-refractivity contribution is -0.143. The maximum absolute atomic E-state index is 13.7. The second-order valence-electron chi connectivity index (χ2n) is 5.98. The number of halogens is 3. The van der Waals surface area contributed by atoms with E-state index in [0.717, 1.165) is 0 Å². The second-order valence-corrected chi connectivity index (χ2v) is 5.98. The van der Waals surface area contributed by atoms with E-state index in [1.807, 2.05) is 0 Å². The summed E-state index contributed by atoms with van der Waals surface area (Å²) < 4.78 is 41.5. The Morgan fingerprint density at radius 3 is 2.00 bits per heavy atom. The first kappa shape index (κ1) is 18.4. The molecule has 2 amide bonds. The van der Waals surface area contributed by atoms with E-state index < -0.39 is 35.2 Å². The number of para-hydroxylation sites is 1. The molecule has 0 spiro atoms. The van der Waals surface area contributed by atoms with Crippen molar-refractivity contribution in [3.63, 3.8) is 0 Å². The number of hydrogen-bond acceptors (Lipinski definition) is 5. The third-order valence-corrected chi connectivity index (χ3v) is 4.19. The largest absolute Gasteiger partial charge is 0.434 e. The Kier molecular flexibility index (Phi) is 4.18. The summed E-state index contributed by atoms with van der Waals surface area (Å²) in [5, 5.41) is 3.78. The number of hydroxylamine groups is 2. The number of hydrogen-bond donors (Lipinski definition) is 0. The molecule has 1 aliphatic rings. The van der Waals surface area contributed by atoms with Crippen molar-refractivity contribution in [1.82, 2.24) is 14.8 Å². The Labute approximate surface area is 160 Å². The summed E-state index contributed by atoms with van der Waals surface area (Å²) in [5.41, 5.74) is -2.27. The van der Waals surface area contributed by atoms with Gasteiger partial charge in [-0.3, -0.25) is 9.59 Å². The van der Waals surface area contributed by atoms with Gasteiger partial charge in [0.15, 0.2) is 5.69 Å². The van der Waals surface area contributed by atoms with Gasteiger partial charge in [0.1, 0.15) is 5.56 Å². The van der Waals surface area contributed by atoms with Crippen LogP contribution in [0.25, 0.3) is 5.69 Å². The van der Waals surface area contributed by atoms with Crippen LogP contribution >= 0.6 is 0 Å². The number of aromatic nitrogens is 2. The fraction of sp³-hybridized carbons (Fsp3) is 0.0526. The molecule has 10 heteroatoms. The van der Waals surface area contributed by atoms with Gasteiger partial charge >= 0.3 is 12.1 Å². The van der Waals surface area contributed by atoms with Gasteiger partial charge in [-0.15, -0.1) is 0 Å². The standard InChI is InChI=1S/C19H10F3N3O4/c20-19(21,22)15-14(10-23-24(15)11-6-2-1-3-7-11)18(28)29-25-16(26)12-8-4-5-9-13(12)17(25)27/h1-10H. The van der Waals surface area contributed by atoms with E-state index in [4.69, 9.17) is 4.84 Å². The van der Waals surface area contributed by atoms with Gasteiger partial charge in [0.05, 0.1) is 23.0 Å². The van der Waals surface area contributed by atoms with E-state index in [9.17, 15) is 27.6 Å². The van der Waals surface area contributed by atoms with Gasteiger partial charge in [-0.1, -0.05) is 35.4 Å². The van der Waals surface area contributed by atoms with Crippen LogP contribution in [-0.4, -0.2) is 32.6 Å². The molecular weight excluding hydrogens is 391 g/mol. The topological polar surface area (TPSA) is 81.5 Å². The van der Waals surface area contributed by atoms with Crippen LogP contribution in [0.3, 0.4) is 0 Å². The van der Waals surface area contributed by atoms with Crippen LogP contribution < -0.4 is 0 Å². The van der Waals surface area contributed by atoms with Crippen molar-refractivity contribution in [2.75, 3.05) is 0 Å². The average Bonchev–Trinajstić information content (AvgIpc) is 3.25. The molecule has 0 radical (unpaired) electrons. The minimum atomic E-state index is -4.96. The average molecular weight is 401 g/mol. The Morgan fingerprint density at radius 1 is 0.897 bits per heavy atom. The molecular formula is C19H10F3N3O4. The van der Waals surface area contributed by atoms with E-state index in [1.165, 1.54) is 48.5 Å². The Hall–Kier alpha value is -3.95. The molecule has 0 bridgehead atoms. The number of rotatable bonds is 3. The van der Waals surface area contributed by atoms with E-state index in [0.29, 0.717) is 10.9 Å². The molecule has 0 saturated carbocycles. The fourth-order valence-corrected chi connectivity index (χ4v) is 2.92. The Morgan fingerprint density at radius 2 is 1.45 bits per heavy atom. The predicted molar refractivity (Wildman–Crippen MR) is 90.9 cm³/mol. The lowest BCUT2D eigenvalue weighted by Gasteiger charge is -2.15. The molecule has 2 aromatic carbocycles. The van der Waals surface area contributed by atoms with Crippen molar-refractivity contribution in [3.8, 4) is 5.69 Å². The summed E-state index contributed by atoms with van der Waals surface area (Å²) in [5.74, 6) is -3.42. The molecule has 0 unspecified atom stereocenters. The first-order valence-electron chi connectivity index (χ1n) is 8.20. The van der Waals surface area contributed by atoms with E-state index >= 15 is 0 Å². The molecule has 146 valence electrons. The van der Waals surface area contributed by atoms with Gasteiger partial charge in [-0.05, 0) is 24.3 Å². The summed E-state index contributed by atoms with van der Waals surface area (Å²) in [6.45, 7) is 0. The zero-order chi connectivity index (χ0) is 20.8. The first-order valence-corrected chi connectivity index (χ1v) is 8.20. The number of nitrogens with zero attached hydrogens (tertiary/aromatic N) is 3. The van der Waals surface area contributed by atoms with Gasteiger partial charge in [0, 0.05) is 0 Å². The molecule has 1 aliphatic heterocycles. The van der Waals surface area contributed by atoms with Gasteiger partial charge in [-0.2, -0.15) is 18.3 Å². The second kappa shape index (κ2) is 6.59. The summed E-state index contributed by atoms with van der Waals surface area (Å²) >= 11 is 0. The van der Waals surface area contributed by atoms with Crippen LogP contribution in [0.4, 0.5) is 13.2 Å². The zero-order valence-corrected chi connectivity index (χ0v) is 14.4. The maximum Gasteiger partial charge on any atom is 0.434 e. The highest BCUT2D eigenvalue weighted by molar-refractivity contribution is 6.21. The molecule has 2 heterocycles. The minimum absolute atomic E-state index is 0.0127. The van der Waals surface area contributed by atoms with Crippen molar-refractivity contribution in [2.24, 2.45) is 0 Å². The monoisotopic (exact) mass is 401 g/mol. The zero-order valence-electron chi connectivity index (χ0n) is 14.4. The summed E-state index contributed by atoms with van der Waals surface area (Å²) in [6.07, 6.45) is -4.28. The highest BCUT2D eigenvalue weighted by atomic mass is 19.4. The number of benzene rings is 2. The molecule has 0 fully saturated rings. The Bertz CT molecular complexity index is 1100. The molecule has 0 aliphatic carbocycles. The molecule has 3 aromatic rings. The third kappa shape index (κ3) is 3.04. The molecule has 0 atom stereocenters. The fourth-order valence-electron chi connectivity index (χ4n) is 2.92. The van der Waals surface area contributed by atoms with Crippen molar-refractivity contribution in [3.05, 3.63) is 83.2 Å². The van der Waals surface area contributed by atoms with Crippen LogP contribution in [0.1, 0.15) is 36.8 Å². The van der Waals surface area contributed by atoms with Crippen LogP contribution in [0.5, 0.6) is 0 Å². The minimum Gasteiger partial charge on any atom is -0.324 e. The first-order chi connectivity index (χ1) is 13.8. The van der Waals surface area contributed by atoms with Crippen molar-refractivity contribution in [2.45, 2.75) is 6.18 Å². The summed E-state index contributed by atoms with van der Waals surface area (Å²) in [6, 6.07) is 13.1. The number of carbonyl (C=O) groups excluding carboxylic acids is 3. The molecule has 0 N–H and O–H groups in total. The number of carbonyl (C=O) groups is 3. The Balaban J connectivity index is 1.69. The molecule has 1 aromatic heterocycles. The summed E-state index contributed by atoms with van der Waals surface area (Å²) in [7, 11) is 0. The van der Waals surface area contributed by atoms with Crippen LogP contribution in [-0.2, 0) is 11.0 Å². The van der Waals surface area contributed by atoms with Gasteiger partial charge < -0.3 is 4.84 Å². The SMILES string of the molecule is O=C(ON1C(=O)c2ccccc2C1=O)c1cnn(-c2ccccc2)c1C(F)(F)F. The molecule has 4 rings (SSSR count). The number of amides is 2. The number of alkyl halides is 3. The van der Waals surface area contributed by atoms with E-state index in [1.54, 1.807) is 6.07 Å². The van der Waals surface area contributed by atoms with Gasteiger partial charge in [0.2, 0.25) is 0 Å². The quantitative estimate of drug-likeness (QED) is 0.630. The molecule has 7 nitrogen and oxygen atoms in total. The highest BCUT2D eigenvalue weighted by Gasteiger charge is 2.44. The molecule has 29 heavy (non-hydrogen) atoms. The third-order valence-electron chi connectivity index (χ3n) is 4.19. The lowest BCUT2D eigenvalue weighted by atomic mass is 10.1. The summed E-state index contributed by atoms with van der Waals surface area (Å²) in [4.78, 5) is 41.7. The van der Waals surface area contributed by atoms with Gasteiger partial charge in [0.25, 0.3) is 11.8 Å². The van der Waals surface area contributed by atoms with Crippen LogP contribution in [0, 0.1) is 0 Å². The van der Waals surface area contributed by atoms with Crippen molar-refractivity contribution in [1.29, 1.82) is 0 Å². The van der Waals surface area contributed by atoms with Crippen LogP contribution in [0.2, 0.25) is 0 Å². The number of imide groups is 1. The lowest BCUT2D eigenvalue weighted by Crippen LogP contribution is -2.33. The highest BCUT2D eigenvalue weighted by Crippen LogP contribution is 2.34. The van der Waals surface area contributed by atoms with Gasteiger partial charge in [-0.25, -0.2) is 9.48 Å².